The number of halogens is 2. The molecule has 5 heteroatoms. The Hall–Kier alpha value is -2.82. The van der Waals surface area contributed by atoms with Crippen LogP contribution in [0.1, 0.15) is 17.1 Å². The molecule has 0 radical (unpaired) electrons. The topological polar surface area (TPSA) is 46.0 Å². The van der Waals surface area contributed by atoms with Crippen LogP contribution in [0.4, 0.5) is 8.78 Å². The number of aromatic hydroxyl groups is 1. The second-order valence-corrected chi connectivity index (χ2v) is 4.82. The zero-order chi connectivity index (χ0) is 15.7. The second-order valence-electron chi connectivity index (χ2n) is 4.82. The molecular formula is C17H12F2N2O. The van der Waals surface area contributed by atoms with E-state index in [1.54, 1.807) is 31.2 Å². The number of benzene rings is 2. The highest BCUT2D eigenvalue weighted by molar-refractivity contribution is 5.94. The minimum Gasteiger partial charge on any atom is -0.508 e. The lowest BCUT2D eigenvalue weighted by Gasteiger charge is -2.10. The van der Waals surface area contributed by atoms with Gasteiger partial charge in [0.2, 0.25) is 0 Å². The van der Waals surface area contributed by atoms with Gasteiger partial charge >= 0.3 is 0 Å². The van der Waals surface area contributed by atoms with E-state index in [2.05, 4.69) is 9.97 Å². The number of hydrogen-bond donors (Lipinski definition) is 1. The van der Waals surface area contributed by atoms with Crippen LogP contribution in [0.3, 0.4) is 0 Å². The molecule has 0 fully saturated rings. The van der Waals surface area contributed by atoms with E-state index in [4.69, 9.17) is 0 Å². The largest absolute Gasteiger partial charge is 0.508 e. The lowest BCUT2D eigenvalue weighted by molar-refractivity contribution is 0.425. The molecule has 0 aliphatic carbocycles. The van der Waals surface area contributed by atoms with Crippen molar-refractivity contribution in [3.63, 3.8) is 0 Å². The summed E-state index contributed by atoms with van der Waals surface area (Å²) < 4.78 is 27.2. The van der Waals surface area contributed by atoms with Gasteiger partial charge in [-0.3, -0.25) is 0 Å². The van der Waals surface area contributed by atoms with Gasteiger partial charge in [-0.2, -0.15) is 8.78 Å². The summed E-state index contributed by atoms with van der Waals surface area (Å²) in [5.74, 6) is 0.442. The van der Waals surface area contributed by atoms with Gasteiger partial charge in [0.15, 0.2) is 0 Å². The van der Waals surface area contributed by atoms with Crippen molar-refractivity contribution in [1.82, 2.24) is 9.97 Å². The molecule has 0 unspecified atom stereocenters. The minimum atomic E-state index is -1.83. The van der Waals surface area contributed by atoms with Crippen LogP contribution >= 0.6 is 0 Å². The number of hydrogen-bond acceptors (Lipinski definition) is 3. The van der Waals surface area contributed by atoms with Gasteiger partial charge in [0.05, 0.1) is 16.8 Å². The molecule has 1 N–H and O–H groups in total. The van der Waals surface area contributed by atoms with E-state index in [0.29, 0.717) is 22.3 Å². The van der Waals surface area contributed by atoms with Gasteiger partial charge in [-0.05, 0) is 30.7 Å². The van der Waals surface area contributed by atoms with Gasteiger partial charge in [-0.15, -0.1) is 0 Å². The summed E-state index contributed by atoms with van der Waals surface area (Å²) in [4.78, 5) is 8.48. The van der Waals surface area contributed by atoms with Crippen molar-refractivity contribution < 1.29 is 13.9 Å². The van der Waals surface area contributed by atoms with Gasteiger partial charge in [-0.25, -0.2) is 9.97 Å². The third-order valence-electron chi connectivity index (χ3n) is 3.30. The highest BCUT2D eigenvalue weighted by Crippen LogP contribution is 2.32. The summed E-state index contributed by atoms with van der Waals surface area (Å²) in [6, 6.07) is 12.7. The van der Waals surface area contributed by atoms with Crippen LogP contribution in [-0.4, -0.2) is 15.1 Å². The predicted octanol–water partition coefficient (Wildman–Crippen LogP) is 4.30. The number of rotatable bonds is 2. The van der Waals surface area contributed by atoms with Crippen molar-refractivity contribution in [2.45, 2.75) is 6.92 Å². The van der Waals surface area contributed by atoms with E-state index in [1.165, 1.54) is 24.3 Å². The highest BCUT2D eigenvalue weighted by atomic mass is 19.3. The molecule has 0 saturated carbocycles. The van der Waals surface area contributed by atoms with Gasteiger partial charge in [0.25, 0.3) is 6.08 Å². The molecule has 110 valence electrons. The zero-order valence-electron chi connectivity index (χ0n) is 11.7. The van der Waals surface area contributed by atoms with Crippen molar-refractivity contribution >= 4 is 16.5 Å². The Morgan fingerprint density at radius 3 is 2.32 bits per heavy atom. The van der Waals surface area contributed by atoms with Crippen molar-refractivity contribution in [1.29, 1.82) is 0 Å². The molecule has 0 aliphatic heterocycles. The molecular weight excluding hydrogens is 286 g/mol. The zero-order valence-corrected chi connectivity index (χ0v) is 11.7. The van der Waals surface area contributed by atoms with E-state index in [9.17, 15) is 13.9 Å². The van der Waals surface area contributed by atoms with Crippen LogP contribution in [0.25, 0.3) is 16.5 Å². The van der Waals surface area contributed by atoms with Crippen molar-refractivity contribution in [3.05, 3.63) is 71.7 Å². The monoisotopic (exact) mass is 298 g/mol. The van der Waals surface area contributed by atoms with E-state index in [-0.39, 0.29) is 17.0 Å². The normalized spacial score (nSPS) is 10.7. The lowest BCUT2D eigenvalue weighted by Crippen LogP contribution is -1.99. The molecule has 3 rings (SSSR count). The summed E-state index contributed by atoms with van der Waals surface area (Å²) in [5, 5.41) is 9.89. The first kappa shape index (κ1) is 14.1. The molecule has 0 aliphatic rings. The minimum absolute atomic E-state index is 0.0195. The number of aryl methyl sites for hydroxylation is 1. The first-order chi connectivity index (χ1) is 10.6. The standard InChI is InChI=1S/C17H12F2N2O/c1-10-20-14-5-3-2-4-13(14)16(21-10)15(17(18)19)11-6-8-12(22)9-7-11/h2-9,22H,1H3. The van der Waals surface area contributed by atoms with Crippen molar-refractivity contribution in [3.8, 4) is 5.75 Å². The highest BCUT2D eigenvalue weighted by Gasteiger charge is 2.17. The third kappa shape index (κ3) is 2.53. The Morgan fingerprint density at radius 1 is 0.955 bits per heavy atom. The predicted molar refractivity (Wildman–Crippen MR) is 80.6 cm³/mol. The molecule has 3 nitrogen and oxygen atoms in total. The Bertz CT molecular complexity index is 869. The molecule has 22 heavy (non-hydrogen) atoms. The second kappa shape index (κ2) is 5.52. The first-order valence-electron chi connectivity index (χ1n) is 6.64. The summed E-state index contributed by atoms with van der Waals surface area (Å²) in [5.41, 5.74) is 0.846. The summed E-state index contributed by atoms with van der Waals surface area (Å²) >= 11 is 0. The molecule has 1 aromatic heterocycles. The summed E-state index contributed by atoms with van der Waals surface area (Å²) in [6.45, 7) is 1.67. The van der Waals surface area contributed by atoms with Crippen molar-refractivity contribution in [2.24, 2.45) is 0 Å². The van der Waals surface area contributed by atoms with Gasteiger partial charge in [0.1, 0.15) is 11.6 Å². The summed E-state index contributed by atoms with van der Waals surface area (Å²) in [7, 11) is 0. The number of para-hydroxylation sites is 1. The molecule has 0 atom stereocenters. The molecule has 1 heterocycles. The van der Waals surface area contributed by atoms with Crippen LogP contribution in [-0.2, 0) is 0 Å². The summed E-state index contributed by atoms with van der Waals surface area (Å²) in [6.07, 6.45) is -1.83. The van der Waals surface area contributed by atoms with Crippen LogP contribution in [0.5, 0.6) is 5.75 Å². The number of aromatic nitrogens is 2. The van der Waals surface area contributed by atoms with Crippen molar-refractivity contribution in [2.75, 3.05) is 0 Å². The Balaban J connectivity index is 2.31. The van der Waals surface area contributed by atoms with Gasteiger partial charge in [-0.1, -0.05) is 30.3 Å². The number of nitrogens with zero attached hydrogens (tertiary/aromatic N) is 2. The average molecular weight is 298 g/mol. The van der Waals surface area contributed by atoms with E-state index in [0.717, 1.165) is 0 Å². The molecule has 0 spiro atoms. The third-order valence-corrected chi connectivity index (χ3v) is 3.30. The van der Waals surface area contributed by atoms with Crippen LogP contribution in [0.15, 0.2) is 54.6 Å². The quantitative estimate of drug-likeness (QED) is 0.767. The fourth-order valence-electron chi connectivity index (χ4n) is 2.35. The maximum absolute atomic E-state index is 13.6. The molecule has 0 saturated heterocycles. The fraction of sp³-hybridized carbons (Fsp3) is 0.0588. The number of fused-ring (bicyclic) bond motifs is 1. The first-order valence-corrected chi connectivity index (χ1v) is 6.64. The van der Waals surface area contributed by atoms with Gasteiger partial charge in [0, 0.05) is 5.39 Å². The molecule has 2 aromatic carbocycles. The Labute approximate surface area is 125 Å². The van der Waals surface area contributed by atoms with E-state index < -0.39 is 6.08 Å². The molecule has 0 bridgehead atoms. The maximum Gasteiger partial charge on any atom is 0.280 e. The number of phenolic OH excluding ortho intramolecular Hbond substituents is 1. The Morgan fingerprint density at radius 2 is 1.64 bits per heavy atom. The molecule has 3 aromatic rings. The van der Waals surface area contributed by atoms with Crippen LogP contribution < -0.4 is 0 Å². The average Bonchev–Trinajstić information content (AvgIpc) is 2.49. The van der Waals surface area contributed by atoms with Gasteiger partial charge < -0.3 is 5.11 Å². The smallest absolute Gasteiger partial charge is 0.280 e. The SMILES string of the molecule is Cc1nc(C(=C(F)F)c2ccc(O)cc2)c2ccccc2n1. The molecule has 0 amide bonds. The van der Waals surface area contributed by atoms with Crippen LogP contribution in [0, 0.1) is 6.92 Å². The van der Waals surface area contributed by atoms with E-state index >= 15 is 0 Å². The maximum atomic E-state index is 13.6. The lowest BCUT2D eigenvalue weighted by atomic mass is 10.00. The fourth-order valence-corrected chi connectivity index (χ4v) is 2.35. The van der Waals surface area contributed by atoms with Crippen LogP contribution in [0.2, 0.25) is 0 Å². The number of phenols is 1. The van der Waals surface area contributed by atoms with E-state index in [1.807, 2.05) is 0 Å². The Kier molecular flexibility index (Phi) is 3.55.